The molecule has 6 nitrogen and oxygen atoms in total. The third-order valence-electron chi connectivity index (χ3n) is 4.78. The number of thioether (sulfide) groups is 1. The van der Waals surface area contributed by atoms with Gasteiger partial charge in [0.2, 0.25) is 0 Å². The van der Waals surface area contributed by atoms with E-state index in [0.29, 0.717) is 12.5 Å². The summed E-state index contributed by atoms with van der Waals surface area (Å²) in [6.45, 7) is 15.1. The number of carbonyl (C=O) groups excluding carboxylic acids is 1. The van der Waals surface area contributed by atoms with Crippen molar-refractivity contribution >= 4 is 23.8 Å². The minimum absolute atomic E-state index is 0.197. The highest BCUT2D eigenvalue weighted by molar-refractivity contribution is 7.98. The minimum Gasteiger partial charge on any atom is -0.444 e. The van der Waals surface area contributed by atoms with Gasteiger partial charge >= 0.3 is 6.09 Å². The predicted octanol–water partition coefficient (Wildman–Crippen LogP) is 4.06. The van der Waals surface area contributed by atoms with Gasteiger partial charge in [0, 0.05) is 39.3 Å². The van der Waals surface area contributed by atoms with Crippen molar-refractivity contribution in [2.45, 2.75) is 65.9 Å². The predicted molar refractivity (Wildman–Crippen MR) is 121 cm³/mol. The summed E-state index contributed by atoms with van der Waals surface area (Å²) in [5, 5.41) is 3.44. The van der Waals surface area contributed by atoms with Crippen molar-refractivity contribution in [3.05, 3.63) is 0 Å². The molecule has 1 fully saturated rings. The number of unbranched alkanes of at least 4 members (excludes halogenated alkanes) is 1. The SMILES string of the molecule is CCNC(=NCCCCSC)N1CCC(CN(CC)C(=O)OC(C)(C)C)CC1. The third kappa shape index (κ3) is 9.89. The summed E-state index contributed by atoms with van der Waals surface area (Å²) in [6, 6.07) is 0. The van der Waals surface area contributed by atoms with Crippen LogP contribution in [0.1, 0.15) is 60.3 Å². The normalized spacial score (nSPS) is 16.2. The molecule has 0 aromatic heterocycles. The molecule has 0 radical (unpaired) electrons. The second-order valence-electron chi connectivity index (χ2n) is 8.38. The van der Waals surface area contributed by atoms with Gasteiger partial charge < -0.3 is 19.9 Å². The highest BCUT2D eigenvalue weighted by Gasteiger charge is 2.27. The molecule has 0 spiro atoms. The number of guanidine groups is 1. The van der Waals surface area contributed by atoms with Gasteiger partial charge in [0.25, 0.3) is 0 Å². The fourth-order valence-corrected chi connectivity index (χ4v) is 3.76. The van der Waals surface area contributed by atoms with Crippen molar-refractivity contribution in [3.8, 4) is 0 Å². The van der Waals surface area contributed by atoms with E-state index in [0.717, 1.165) is 57.9 Å². The van der Waals surface area contributed by atoms with Crippen LogP contribution in [0.3, 0.4) is 0 Å². The van der Waals surface area contributed by atoms with Gasteiger partial charge in [0.15, 0.2) is 5.96 Å². The van der Waals surface area contributed by atoms with Crippen molar-refractivity contribution in [1.29, 1.82) is 0 Å². The summed E-state index contributed by atoms with van der Waals surface area (Å²) in [4.78, 5) is 21.4. The van der Waals surface area contributed by atoms with E-state index >= 15 is 0 Å². The van der Waals surface area contributed by atoms with Crippen LogP contribution in [0.4, 0.5) is 4.79 Å². The van der Waals surface area contributed by atoms with Crippen LogP contribution in [0.5, 0.6) is 0 Å². The summed E-state index contributed by atoms with van der Waals surface area (Å²) in [5.41, 5.74) is -0.444. The van der Waals surface area contributed by atoms with Crippen molar-refractivity contribution in [3.63, 3.8) is 0 Å². The van der Waals surface area contributed by atoms with Crippen LogP contribution < -0.4 is 5.32 Å². The lowest BCUT2D eigenvalue weighted by Crippen LogP contribution is -2.48. The average Bonchev–Trinajstić information content (AvgIpc) is 2.64. The Morgan fingerprint density at radius 2 is 1.93 bits per heavy atom. The van der Waals surface area contributed by atoms with Crippen LogP contribution in [0.25, 0.3) is 0 Å². The van der Waals surface area contributed by atoms with Gasteiger partial charge in [0.1, 0.15) is 5.60 Å². The molecular weight excluding hydrogens is 372 g/mol. The first-order valence-corrected chi connectivity index (χ1v) is 12.2. The van der Waals surface area contributed by atoms with E-state index in [2.05, 4.69) is 23.4 Å². The minimum atomic E-state index is -0.444. The molecule has 1 rings (SSSR count). The Balaban J connectivity index is 2.50. The van der Waals surface area contributed by atoms with Crippen LogP contribution in [0.15, 0.2) is 4.99 Å². The zero-order chi connectivity index (χ0) is 21.0. The number of aliphatic imine (C=N–C) groups is 1. The Kier molecular flexibility index (Phi) is 11.7. The van der Waals surface area contributed by atoms with Crippen molar-refractivity contribution < 1.29 is 9.53 Å². The third-order valence-corrected chi connectivity index (χ3v) is 5.48. The number of rotatable bonds is 9. The van der Waals surface area contributed by atoms with Crippen LogP contribution in [0, 0.1) is 5.92 Å². The molecule has 0 aromatic rings. The molecule has 1 aliphatic rings. The van der Waals surface area contributed by atoms with Gasteiger partial charge in [-0.1, -0.05) is 0 Å². The van der Waals surface area contributed by atoms with E-state index in [9.17, 15) is 4.79 Å². The molecule has 1 heterocycles. The Bertz CT molecular complexity index is 472. The maximum Gasteiger partial charge on any atom is 0.410 e. The number of piperidine rings is 1. The zero-order valence-electron chi connectivity index (χ0n) is 18.9. The highest BCUT2D eigenvalue weighted by Crippen LogP contribution is 2.20. The molecule has 0 aliphatic carbocycles. The highest BCUT2D eigenvalue weighted by atomic mass is 32.2. The fraction of sp³-hybridized carbons (Fsp3) is 0.905. The topological polar surface area (TPSA) is 57.2 Å². The Hall–Kier alpha value is -1.11. The molecular formula is C21H42N4O2S. The second kappa shape index (κ2) is 13.2. The van der Waals surface area contributed by atoms with Gasteiger partial charge in [-0.2, -0.15) is 11.8 Å². The molecule has 1 saturated heterocycles. The smallest absolute Gasteiger partial charge is 0.410 e. The number of nitrogens with one attached hydrogen (secondary N) is 1. The number of ether oxygens (including phenoxy) is 1. The summed E-state index contributed by atoms with van der Waals surface area (Å²) in [6.07, 6.45) is 6.49. The molecule has 0 atom stereocenters. The molecule has 0 bridgehead atoms. The average molecular weight is 415 g/mol. The zero-order valence-corrected chi connectivity index (χ0v) is 19.7. The molecule has 164 valence electrons. The summed E-state index contributed by atoms with van der Waals surface area (Å²) in [5.74, 6) is 2.78. The van der Waals surface area contributed by atoms with Crippen molar-refractivity contribution in [1.82, 2.24) is 15.1 Å². The molecule has 1 amide bonds. The monoisotopic (exact) mass is 414 g/mol. The number of hydrogen-bond acceptors (Lipinski definition) is 4. The summed E-state index contributed by atoms with van der Waals surface area (Å²) >= 11 is 1.90. The first kappa shape index (κ1) is 24.9. The standard InChI is InChI=1S/C21H42N4O2S/c1-7-22-19(23-13-9-10-16-28-6)25-14-11-18(12-15-25)17-24(8-2)20(26)27-21(3,4)5/h18H,7-17H2,1-6H3,(H,22,23). The number of likely N-dealkylation sites (tertiary alicyclic amines) is 1. The molecule has 1 aliphatic heterocycles. The lowest BCUT2D eigenvalue weighted by atomic mass is 9.96. The van der Waals surface area contributed by atoms with Gasteiger partial charge in [-0.25, -0.2) is 4.79 Å². The van der Waals surface area contributed by atoms with Crippen LogP contribution in [-0.2, 0) is 4.74 Å². The molecule has 7 heteroatoms. The molecule has 0 unspecified atom stereocenters. The van der Waals surface area contributed by atoms with E-state index in [4.69, 9.17) is 9.73 Å². The molecule has 0 aromatic carbocycles. The van der Waals surface area contributed by atoms with Crippen LogP contribution in [-0.4, -0.2) is 78.7 Å². The van der Waals surface area contributed by atoms with E-state index in [-0.39, 0.29) is 6.09 Å². The molecule has 1 N–H and O–H groups in total. The van der Waals surface area contributed by atoms with E-state index < -0.39 is 5.60 Å². The maximum atomic E-state index is 12.4. The van der Waals surface area contributed by atoms with Crippen molar-refractivity contribution in [2.24, 2.45) is 10.9 Å². The number of carbonyl (C=O) groups is 1. The summed E-state index contributed by atoms with van der Waals surface area (Å²) < 4.78 is 5.54. The number of nitrogens with zero attached hydrogens (tertiary/aromatic N) is 3. The lowest BCUT2D eigenvalue weighted by Gasteiger charge is -2.36. The van der Waals surface area contributed by atoms with E-state index in [1.807, 2.05) is 44.4 Å². The first-order chi connectivity index (χ1) is 13.3. The largest absolute Gasteiger partial charge is 0.444 e. The Labute approximate surface area is 176 Å². The Morgan fingerprint density at radius 3 is 2.46 bits per heavy atom. The second-order valence-corrected chi connectivity index (χ2v) is 9.37. The Morgan fingerprint density at radius 1 is 1.25 bits per heavy atom. The van der Waals surface area contributed by atoms with Gasteiger partial charge in [0.05, 0.1) is 0 Å². The van der Waals surface area contributed by atoms with E-state index in [1.54, 1.807) is 0 Å². The van der Waals surface area contributed by atoms with Crippen molar-refractivity contribution in [2.75, 3.05) is 51.3 Å². The van der Waals surface area contributed by atoms with E-state index in [1.165, 1.54) is 12.2 Å². The maximum absolute atomic E-state index is 12.4. The fourth-order valence-electron chi connectivity index (χ4n) is 3.27. The summed E-state index contributed by atoms with van der Waals surface area (Å²) in [7, 11) is 0. The van der Waals surface area contributed by atoms with Gasteiger partial charge in [-0.05, 0) is 78.2 Å². The molecule has 0 saturated carbocycles. The number of hydrogen-bond donors (Lipinski definition) is 1. The molecule has 28 heavy (non-hydrogen) atoms. The quantitative estimate of drug-likeness (QED) is 0.350. The lowest BCUT2D eigenvalue weighted by molar-refractivity contribution is 0.0214. The first-order valence-electron chi connectivity index (χ1n) is 10.8. The van der Waals surface area contributed by atoms with Gasteiger partial charge in [-0.3, -0.25) is 4.99 Å². The van der Waals surface area contributed by atoms with Gasteiger partial charge in [-0.15, -0.1) is 0 Å². The number of amides is 1. The van der Waals surface area contributed by atoms with Crippen LogP contribution >= 0.6 is 11.8 Å². The van der Waals surface area contributed by atoms with Crippen LogP contribution in [0.2, 0.25) is 0 Å².